The second-order valence-corrected chi connectivity index (χ2v) is 3.11. The summed E-state index contributed by atoms with van der Waals surface area (Å²) in [5.41, 5.74) is 0. The monoisotopic (exact) mass is 146 g/mol. The van der Waals surface area contributed by atoms with Crippen LogP contribution in [0.4, 0.5) is 0 Å². The molecule has 10 heavy (non-hydrogen) atoms. The Morgan fingerprint density at radius 1 is 1.40 bits per heavy atom. The van der Waals surface area contributed by atoms with Crippen LogP contribution in [-0.2, 0) is 4.74 Å². The molecule has 0 aliphatic carbocycles. The molecule has 1 fully saturated rings. The van der Waals surface area contributed by atoms with Gasteiger partial charge in [-0.15, -0.1) is 0 Å². The SMILES string of the molecule is CC(C)C1CC(O)C(O)O1. The molecule has 0 saturated carbocycles. The lowest BCUT2D eigenvalue weighted by Gasteiger charge is -2.12. The first-order valence-electron chi connectivity index (χ1n) is 3.63. The second-order valence-electron chi connectivity index (χ2n) is 3.11. The quantitative estimate of drug-likeness (QED) is 0.552. The molecule has 0 amide bonds. The lowest BCUT2D eigenvalue weighted by Crippen LogP contribution is -2.19. The molecular weight excluding hydrogens is 132 g/mol. The molecule has 3 atom stereocenters. The smallest absolute Gasteiger partial charge is 0.181 e. The van der Waals surface area contributed by atoms with Gasteiger partial charge in [-0.1, -0.05) is 13.8 Å². The molecular formula is C7H14O3. The molecule has 0 aromatic carbocycles. The normalized spacial score (nSPS) is 41.1. The summed E-state index contributed by atoms with van der Waals surface area (Å²) in [6.07, 6.45) is -1.08. The third-order valence-corrected chi connectivity index (χ3v) is 1.86. The Kier molecular flexibility index (Phi) is 2.28. The van der Waals surface area contributed by atoms with Crippen LogP contribution in [-0.4, -0.2) is 28.7 Å². The van der Waals surface area contributed by atoms with Crippen molar-refractivity contribution < 1.29 is 14.9 Å². The standard InChI is InChI=1S/C7H14O3/c1-4(2)6-3-5(8)7(9)10-6/h4-9H,3H2,1-2H3. The molecule has 0 radical (unpaired) electrons. The minimum Gasteiger partial charge on any atom is -0.388 e. The molecule has 0 bridgehead atoms. The van der Waals surface area contributed by atoms with E-state index >= 15 is 0 Å². The van der Waals surface area contributed by atoms with Gasteiger partial charge in [-0.05, 0) is 5.92 Å². The zero-order valence-electron chi connectivity index (χ0n) is 6.32. The summed E-state index contributed by atoms with van der Waals surface area (Å²) in [6.45, 7) is 4.02. The van der Waals surface area contributed by atoms with Crippen LogP contribution in [0.25, 0.3) is 0 Å². The summed E-state index contributed by atoms with van der Waals surface area (Å²) in [7, 11) is 0. The van der Waals surface area contributed by atoms with Crippen LogP contribution in [0.2, 0.25) is 0 Å². The van der Waals surface area contributed by atoms with Crippen LogP contribution in [0.1, 0.15) is 20.3 Å². The molecule has 1 aliphatic heterocycles. The van der Waals surface area contributed by atoms with Gasteiger partial charge in [0.05, 0.1) is 6.10 Å². The highest BCUT2D eigenvalue weighted by Crippen LogP contribution is 2.23. The van der Waals surface area contributed by atoms with Crippen molar-refractivity contribution in [2.45, 2.75) is 38.8 Å². The topological polar surface area (TPSA) is 49.7 Å². The van der Waals surface area contributed by atoms with E-state index in [9.17, 15) is 0 Å². The van der Waals surface area contributed by atoms with Crippen molar-refractivity contribution in [3.63, 3.8) is 0 Å². The van der Waals surface area contributed by atoms with E-state index in [1.807, 2.05) is 13.8 Å². The zero-order chi connectivity index (χ0) is 7.72. The Bertz CT molecular complexity index is 103. The molecule has 0 aromatic rings. The van der Waals surface area contributed by atoms with E-state index in [0.717, 1.165) is 0 Å². The Labute approximate surface area is 60.6 Å². The van der Waals surface area contributed by atoms with Crippen LogP contribution in [0, 0.1) is 5.92 Å². The summed E-state index contributed by atoms with van der Waals surface area (Å²) in [5.74, 6) is 0.367. The van der Waals surface area contributed by atoms with Gasteiger partial charge < -0.3 is 14.9 Å². The zero-order valence-corrected chi connectivity index (χ0v) is 6.32. The van der Waals surface area contributed by atoms with Crippen LogP contribution < -0.4 is 0 Å². The summed E-state index contributed by atoms with van der Waals surface area (Å²) >= 11 is 0. The Balaban J connectivity index is 2.41. The number of hydrogen-bond acceptors (Lipinski definition) is 3. The van der Waals surface area contributed by atoms with Crippen molar-refractivity contribution in [3.05, 3.63) is 0 Å². The van der Waals surface area contributed by atoms with E-state index in [1.165, 1.54) is 0 Å². The highest BCUT2D eigenvalue weighted by atomic mass is 16.6. The molecule has 1 heterocycles. The molecule has 0 spiro atoms. The largest absolute Gasteiger partial charge is 0.388 e. The first kappa shape index (κ1) is 7.98. The molecule has 1 aliphatic rings. The van der Waals surface area contributed by atoms with Gasteiger partial charge in [0.1, 0.15) is 6.10 Å². The number of aliphatic hydroxyl groups is 2. The molecule has 1 rings (SSSR count). The molecule has 60 valence electrons. The molecule has 0 aromatic heterocycles. The van der Waals surface area contributed by atoms with Crippen molar-refractivity contribution in [1.82, 2.24) is 0 Å². The first-order valence-corrected chi connectivity index (χ1v) is 3.63. The van der Waals surface area contributed by atoms with Crippen molar-refractivity contribution in [2.75, 3.05) is 0 Å². The summed E-state index contributed by atoms with van der Waals surface area (Å²) in [6, 6.07) is 0. The fraction of sp³-hybridized carbons (Fsp3) is 1.00. The van der Waals surface area contributed by atoms with Crippen molar-refractivity contribution in [3.8, 4) is 0 Å². The van der Waals surface area contributed by atoms with Crippen molar-refractivity contribution in [2.24, 2.45) is 5.92 Å². The van der Waals surface area contributed by atoms with Gasteiger partial charge in [0.15, 0.2) is 6.29 Å². The van der Waals surface area contributed by atoms with E-state index in [2.05, 4.69) is 0 Å². The highest BCUT2D eigenvalue weighted by Gasteiger charge is 2.33. The average Bonchev–Trinajstić information content (AvgIpc) is 2.13. The van der Waals surface area contributed by atoms with Crippen LogP contribution in [0.3, 0.4) is 0 Å². The molecule has 2 N–H and O–H groups in total. The molecule has 3 heteroatoms. The highest BCUT2D eigenvalue weighted by molar-refractivity contribution is 4.77. The lowest BCUT2D eigenvalue weighted by atomic mass is 10.0. The third-order valence-electron chi connectivity index (χ3n) is 1.86. The first-order chi connectivity index (χ1) is 4.61. The Morgan fingerprint density at radius 3 is 2.20 bits per heavy atom. The van der Waals surface area contributed by atoms with Gasteiger partial charge >= 0.3 is 0 Å². The predicted octanol–water partition coefficient (Wildman–Crippen LogP) is 0.111. The average molecular weight is 146 g/mol. The predicted molar refractivity (Wildman–Crippen MR) is 36.3 cm³/mol. The van der Waals surface area contributed by atoms with E-state index in [4.69, 9.17) is 14.9 Å². The summed E-state index contributed by atoms with van der Waals surface area (Å²) in [4.78, 5) is 0. The number of aliphatic hydroxyl groups excluding tert-OH is 2. The van der Waals surface area contributed by atoms with E-state index in [1.54, 1.807) is 0 Å². The van der Waals surface area contributed by atoms with Crippen molar-refractivity contribution >= 4 is 0 Å². The van der Waals surface area contributed by atoms with Crippen LogP contribution in [0.15, 0.2) is 0 Å². The number of rotatable bonds is 1. The van der Waals surface area contributed by atoms with Gasteiger partial charge in [0.25, 0.3) is 0 Å². The van der Waals surface area contributed by atoms with Crippen molar-refractivity contribution in [1.29, 1.82) is 0 Å². The van der Waals surface area contributed by atoms with Gasteiger partial charge in [-0.2, -0.15) is 0 Å². The summed E-state index contributed by atoms with van der Waals surface area (Å²) in [5, 5.41) is 18.0. The maximum absolute atomic E-state index is 9.04. The molecule has 3 unspecified atom stereocenters. The van der Waals surface area contributed by atoms with Crippen LogP contribution in [0.5, 0.6) is 0 Å². The third kappa shape index (κ3) is 1.48. The molecule has 3 nitrogen and oxygen atoms in total. The second kappa shape index (κ2) is 2.86. The summed E-state index contributed by atoms with van der Waals surface area (Å²) < 4.78 is 5.04. The molecule has 1 saturated heterocycles. The Hall–Kier alpha value is -0.120. The maximum Gasteiger partial charge on any atom is 0.181 e. The maximum atomic E-state index is 9.04. The van der Waals surface area contributed by atoms with Crippen LogP contribution >= 0.6 is 0 Å². The fourth-order valence-corrected chi connectivity index (χ4v) is 1.11. The lowest BCUT2D eigenvalue weighted by molar-refractivity contribution is -0.133. The van der Waals surface area contributed by atoms with Gasteiger partial charge in [-0.25, -0.2) is 0 Å². The number of hydrogen-bond donors (Lipinski definition) is 2. The van der Waals surface area contributed by atoms with Gasteiger partial charge in [0, 0.05) is 6.42 Å². The Morgan fingerprint density at radius 2 is 2.00 bits per heavy atom. The van der Waals surface area contributed by atoms with Gasteiger partial charge in [-0.3, -0.25) is 0 Å². The minimum atomic E-state index is -0.965. The number of ether oxygens (including phenoxy) is 1. The minimum absolute atomic E-state index is 0.0185. The van der Waals surface area contributed by atoms with E-state index < -0.39 is 12.4 Å². The van der Waals surface area contributed by atoms with Gasteiger partial charge in [0.2, 0.25) is 0 Å². The van der Waals surface area contributed by atoms with E-state index in [0.29, 0.717) is 12.3 Å². The van der Waals surface area contributed by atoms with E-state index in [-0.39, 0.29) is 6.10 Å². The fourth-order valence-electron chi connectivity index (χ4n) is 1.11.